The lowest BCUT2D eigenvalue weighted by Crippen LogP contribution is -2.23. The van der Waals surface area contributed by atoms with Gasteiger partial charge in [0.05, 0.1) is 5.60 Å². The van der Waals surface area contributed by atoms with E-state index in [0.717, 1.165) is 18.4 Å². The van der Waals surface area contributed by atoms with Gasteiger partial charge in [0.1, 0.15) is 0 Å². The van der Waals surface area contributed by atoms with Crippen LogP contribution in [0.1, 0.15) is 45.2 Å². The van der Waals surface area contributed by atoms with Crippen LogP contribution in [-0.4, -0.2) is 5.11 Å². The normalized spacial score (nSPS) is 15.3. The van der Waals surface area contributed by atoms with Crippen LogP contribution in [0, 0.1) is 5.92 Å². The molecule has 0 saturated heterocycles. The number of benzene rings is 1. The molecule has 1 N–H and O–H groups in total. The Morgan fingerprint density at radius 1 is 1.20 bits per heavy atom. The Hall–Kier alpha value is -0.820. The van der Waals surface area contributed by atoms with Crippen molar-refractivity contribution in [3.05, 3.63) is 35.4 Å². The van der Waals surface area contributed by atoms with Gasteiger partial charge in [0, 0.05) is 0 Å². The highest BCUT2D eigenvalue weighted by molar-refractivity contribution is 5.26. The van der Waals surface area contributed by atoms with E-state index in [1.807, 2.05) is 19.1 Å². The maximum atomic E-state index is 10.3. The summed E-state index contributed by atoms with van der Waals surface area (Å²) in [6, 6.07) is 8.29. The topological polar surface area (TPSA) is 20.2 Å². The zero-order valence-electron chi connectivity index (χ0n) is 10.2. The molecular weight excluding hydrogens is 184 g/mol. The maximum Gasteiger partial charge on any atom is 0.0871 e. The SMILES string of the molecule is CCc1ccc(C(C)(O)CC(C)C)cc1. The molecule has 0 radical (unpaired) electrons. The molecule has 15 heavy (non-hydrogen) atoms. The number of rotatable bonds is 4. The molecule has 0 aliphatic heterocycles. The highest BCUT2D eigenvalue weighted by atomic mass is 16.3. The highest BCUT2D eigenvalue weighted by Gasteiger charge is 2.23. The summed E-state index contributed by atoms with van der Waals surface area (Å²) in [5.41, 5.74) is 1.65. The van der Waals surface area contributed by atoms with Crippen molar-refractivity contribution in [2.45, 2.75) is 46.1 Å². The molecule has 0 spiro atoms. The fourth-order valence-electron chi connectivity index (χ4n) is 2.01. The molecule has 0 amide bonds. The van der Waals surface area contributed by atoms with Crippen molar-refractivity contribution in [3.8, 4) is 0 Å². The van der Waals surface area contributed by atoms with E-state index in [1.165, 1.54) is 5.56 Å². The molecular formula is C14H22O. The molecule has 1 unspecified atom stereocenters. The monoisotopic (exact) mass is 206 g/mol. The molecule has 84 valence electrons. The molecule has 0 aromatic heterocycles. The molecule has 0 aliphatic carbocycles. The van der Waals surface area contributed by atoms with Crippen LogP contribution in [0.4, 0.5) is 0 Å². The summed E-state index contributed by atoms with van der Waals surface area (Å²) in [5.74, 6) is 0.505. The zero-order valence-corrected chi connectivity index (χ0v) is 10.2. The molecule has 0 heterocycles. The van der Waals surface area contributed by atoms with Gasteiger partial charge in [-0.25, -0.2) is 0 Å². The molecule has 1 atom stereocenters. The fraction of sp³-hybridized carbons (Fsp3) is 0.571. The molecule has 0 saturated carbocycles. The molecule has 0 aliphatic rings. The smallest absolute Gasteiger partial charge is 0.0871 e. The third-order valence-electron chi connectivity index (χ3n) is 2.79. The largest absolute Gasteiger partial charge is 0.385 e. The first-order chi connectivity index (χ1) is 6.95. The van der Waals surface area contributed by atoms with E-state index < -0.39 is 5.60 Å². The zero-order chi connectivity index (χ0) is 11.5. The van der Waals surface area contributed by atoms with Gasteiger partial charge in [-0.15, -0.1) is 0 Å². The molecule has 0 bridgehead atoms. The summed E-state index contributed by atoms with van der Waals surface area (Å²) in [6.07, 6.45) is 1.85. The Labute approximate surface area is 93.1 Å². The summed E-state index contributed by atoms with van der Waals surface area (Å²) >= 11 is 0. The maximum absolute atomic E-state index is 10.3. The van der Waals surface area contributed by atoms with Crippen molar-refractivity contribution >= 4 is 0 Å². The van der Waals surface area contributed by atoms with Crippen LogP contribution < -0.4 is 0 Å². The van der Waals surface area contributed by atoms with Crippen molar-refractivity contribution in [1.29, 1.82) is 0 Å². The lowest BCUT2D eigenvalue weighted by Gasteiger charge is -2.26. The molecule has 1 nitrogen and oxygen atoms in total. The first kappa shape index (κ1) is 12.3. The van der Waals surface area contributed by atoms with Crippen LogP contribution in [0.5, 0.6) is 0 Å². The minimum Gasteiger partial charge on any atom is -0.385 e. The van der Waals surface area contributed by atoms with Gasteiger partial charge in [0.25, 0.3) is 0 Å². The van der Waals surface area contributed by atoms with E-state index in [2.05, 4.69) is 32.9 Å². The average molecular weight is 206 g/mol. The summed E-state index contributed by atoms with van der Waals surface area (Å²) in [4.78, 5) is 0. The van der Waals surface area contributed by atoms with Crippen molar-refractivity contribution in [2.24, 2.45) is 5.92 Å². The molecule has 1 heteroatoms. The fourth-order valence-corrected chi connectivity index (χ4v) is 2.01. The first-order valence-corrected chi connectivity index (χ1v) is 5.77. The molecule has 1 aromatic rings. The van der Waals surface area contributed by atoms with Gasteiger partial charge in [-0.2, -0.15) is 0 Å². The summed E-state index contributed by atoms with van der Waals surface area (Å²) in [6.45, 7) is 8.30. The van der Waals surface area contributed by atoms with E-state index in [0.29, 0.717) is 5.92 Å². The van der Waals surface area contributed by atoms with E-state index in [-0.39, 0.29) is 0 Å². The molecule has 1 aromatic carbocycles. The van der Waals surface area contributed by atoms with Gasteiger partial charge in [-0.1, -0.05) is 45.0 Å². The van der Waals surface area contributed by atoms with Gasteiger partial charge in [-0.3, -0.25) is 0 Å². The van der Waals surface area contributed by atoms with Crippen molar-refractivity contribution in [2.75, 3.05) is 0 Å². The highest BCUT2D eigenvalue weighted by Crippen LogP contribution is 2.28. The second-order valence-electron chi connectivity index (χ2n) is 4.92. The predicted octanol–water partition coefficient (Wildman–Crippen LogP) is 3.50. The summed E-state index contributed by atoms with van der Waals surface area (Å²) in [7, 11) is 0. The second kappa shape index (κ2) is 4.80. The number of aryl methyl sites for hydroxylation is 1. The van der Waals surface area contributed by atoms with Crippen LogP contribution in [0.25, 0.3) is 0 Å². The minimum absolute atomic E-state index is 0.505. The number of hydrogen-bond acceptors (Lipinski definition) is 1. The number of hydrogen-bond donors (Lipinski definition) is 1. The quantitative estimate of drug-likeness (QED) is 0.799. The Morgan fingerprint density at radius 3 is 2.13 bits per heavy atom. The predicted molar refractivity (Wildman–Crippen MR) is 64.8 cm³/mol. The Balaban J connectivity index is 2.85. The first-order valence-electron chi connectivity index (χ1n) is 5.77. The van der Waals surface area contributed by atoms with E-state index >= 15 is 0 Å². The average Bonchev–Trinajstić information content (AvgIpc) is 2.16. The van der Waals surface area contributed by atoms with Gasteiger partial charge >= 0.3 is 0 Å². The van der Waals surface area contributed by atoms with Crippen molar-refractivity contribution in [3.63, 3.8) is 0 Å². The minimum atomic E-state index is -0.694. The van der Waals surface area contributed by atoms with E-state index in [9.17, 15) is 5.11 Å². The van der Waals surface area contributed by atoms with Crippen LogP contribution in [0.15, 0.2) is 24.3 Å². The van der Waals surface area contributed by atoms with E-state index in [1.54, 1.807) is 0 Å². The third kappa shape index (κ3) is 3.35. The van der Waals surface area contributed by atoms with Gasteiger partial charge in [-0.05, 0) is 36.8 Å². The van der Waals surface area contributed by atoms with Crippen LogP contribution in [0.3, 0.4) is 0 Å². The van der Waals surface area contributed by atoms with Crippen molar-refractivity contribution < 1.29 is 5.11 Å². The standard InChI is InChI=1S/C14H22O/c1-5-12-6-8-13(9-7-12)14(4,15)10-11(2)3/h6-9,11,15H,5,10H2,1-4H3. The van der Waals surface area contributed by atoms with E-state index in [4.69, 9.17) is 0 Å². The van der Waals surface area contributed by atoms with Gasteiger partial charge in [0.2, 0.25) is 0 Å². The second-order valence-corrected chi connectivity index (χ2v) is 4.92. The molecule has 0 fully saturated rings. The lowest BCUT2D eigenvalue weighted by atomic mass is 9.87. The van der Waals surface area contributed by atoms with Crippen LogP contribution >= 0.6 is 0 Å². The van der Waals surface area contributed by atoms with Crippen molar-refractivity contribution in [1.82, 2.24) is 0 Å². The van der Waals surface area contributed by atoms with Gasteiger partial charge in [0.15, 0.2) is 0 Å². The summed E-state index contributed by atoms with van der Waals surface area (Å²) in [5, 5.41) is 10.3. The van der Waals surface area contributed by atoms with Gasteiger partial charge < -0.3 is 5.11 Å². The third-order valence-corrected chi connectivity index (χ3v) is 2.79. The Morgan fingerprint density at radius 2 is 1.73 bits per heavy atom. The number of aliphatic hydroxyl groups is 1. The lowest BCUT2D eigenvalue weighted by molar-refractivity contribution is 0.0348. The van der Waals surface area contributed by atoms with Crippen LogP contribution in [-0.2, 0) is 12.0 Å². The molecule has 1 rings (SSSR count). The summed E-state index contributed by atoms with van der Waals surface area (Å²) < 4.78 is 0. The van der Waals surface area contributed by atoms with Crippen LogP contribution in [0.2, 0.25) is 0 Å². The Bertz CT molecular complexity index is 296. The Kier molecular flexibility index (Phi) is 3.92.